The first-order chi connectivity index (χ1) is 7.47. The molecule has 0 bridgehead atoms. The summed E-state index contributed by atoms with van der Waals surface area (Å²) < 4.78 is 0. The van der Waals surface area contributed by atoms with Crippen molar-refractivity contribution in [2.24, 2.45) is 28.1 Å². The van der Waals surface area contributed by atoms with Gasteiger partial charge in [0.05, 0.1) is 0 Å². The zero-order valence-corrected chi connectivity index (χ0v) is 10.8. The second-order valence-corrected chi connectivity index (χ2v) is 7.14. The highest BCUT2D eigenvalue weighted by atomic mass is 16.3. The summed E-state index contributed by atoms with van der Waals surface area (Å²) in [5.41, 5.74) is 1.37. The average molecular weight is 220 g/mol. The summed E-state index contributed by atoms with van der Waals surface area (Å²) in [6, 6.07) is 0. The van der Waals surface area contributed by atoms with Crippen LogP contribution < -0.4 is 0 Å². The molecule has 2 saturated carbocycles. The fourth-order valence-corrected chi connectivity index (χ4v) is 5.25. The molecule has 0 aliphatic heterocycles. The second-order valence-electron chi connectivity index (χ2n) is 7.14. The lowest BCUT2D eigenvalue weighted by atomic mass is 9.50. The molecule has 1 nitrogen and oxygen atoms in total. The Kier molecular flexibility index (Phi) is 1.98. The fourth-order valence-electron chi connectivity index (χ4n) is 5.25. The van der Waals surface area contributed by atoms with Gasteiger partial charge in [-0.1, -0.05) is 39.3 Å². The van der Waals surface area contributed by atoms with Gasteiger partial charge < -0.3 is 5.11 Å². The van der Waals surface area contributed by atoms with Gasteiger partial charge in [-0.05, 0) is 41.4 Å². The molecule has 1 N–H and O–H groups in total. The molecule has 1 spiro atoms. The van der Waals surface area contributed by atoms with Crippen molar-refractivity contribution in [1.29, 1.82) is 0 Å². The van der Waals surface area contributed by atoms with Crippen LogP contribution in [0.25, 0.3) is 0 Å². The van der Waals surface area contributed by atoms with Crippen LogP contribution in [0.5, 0.6) is 0 Å². The van der Waals surface area contributed by atoms with Crippen LogP contribution >= 0.6 is 0 Å². The van der Waals surface area contributed by atoms with E-state index in [1.54, 1.807) is 0 Å². The van der Waals surface area contributed by atoms with Crippen molar-refractivity contribution < 1.29 is 5.11 Å². The highest BCUT2D eigenvalue weighted by molar-refractivity contribution is 5.30. The number of aliphatic hydroxyl groups is 1. The van der Waals surface area contributed by atoms with Crippen molar-refractivity contribution in [2.75, 3.05) is 6.61 Å². The second kappa shape index (κ2) is 2.93. The zero-order valence-electron chi connectivity index (χ0n) is 10.8. The van der Waals surface area contributed by atoms with Crippen molar-refractivity contribution in [3.05, 3.63) is 12.2 Å². The van der Waals surface area contributed by atoms with Crippen molar-refractivity contribution in [2.45, 2.75) is 46.5 Å². The van der Waals surface area contributed by atoms with Crippen LogP contribution in [0.1, 0.15) is 46.5 Å². The molecule has 1 heteroatoms. The van der Waals surface area contributed by atoms with E-state index in [4.69, 9.17) is 0 Å². The first kappa shape index (κ1) is 10.8. The molecule has 0 aromatic carbocycles. The van der Waals surface area contributed by atoms with Crippen LogP contribution in [-0.4, -0.2) is 11.7 Å². The molecular weight excluding hydrogens is 196 g/mol. The van der Waals surface area contributed by atoms with Gasteiger partial charge >= 0.3 is 0 Å². The Morgan fingerprint density at radius 1 is 1.25 bits per heavy atom. The first-order valence-corrected chi connectivity index (χ1v) is 6.77. The minimum Gasteiger partial charge on any atom is -0.396 e. The van der Waals surface area contributed by atoms with E-state index in [0.29, 0.717) is 28.8 Å². The van der Waals surface area contributed by atoms with Crippen molar-refractivity contribution >= 4 is 0 Å². The lowest BCUT2D eigenvalue weighted by Gasteiger charge is -2.54. The predicted molar refractivity (Wildman–Crippen MR) is 66.0 cm³/mol. The normalized spacial score (nSPS) is 53.0. The van der Waals surface area contributed by atoms with Crippen LogP contribution in [0, 0.1) is 28.1 Å². The standard InChI is InChI=1S/C15H24O/c1-13(2)6-4-7-14(3)8-5-11(10-16)12-9-15(12,13)14/h5,8,11-12,16H,4,6-7,9-10H2,1-3H3. The van der Waals surface area contributed by atoms with Gasteiger partial charge in [-0.15, -0.1) is 0 Å². The molecule has 3 aliphatic carbocycles. The maximum absolute atomic E-state index is 9.48. The quantitative estimate of drug-likeness (QED) is 0.672. The maximum atomic E-state index is 9.48. The SMILES string of the molecule is CC1(C)CCCC2(C)C=CC(CO)C3CC312. The Morgan fingerprint density at radius 2 is 2.00 bits per heavy atom. The summed E-state index contributed by atoms with van der Waals surface area (Å²) in [4.78, 5) is 0. The number of allylic oxidation sites excluding steroid dienone is 1. The van der Waals surface area contributed by atoms with E-state index in [1.165, 1.54) is 25.7 Å². The molecule has 3 aliphatic rings. The van der Waals surface area contributed by atoms with Gasteiger partial charge in [0, 0.05) is 12.5 Å². The molecule has 16 heavy (non-hydrogen) atoms. The van der Waals surface area contributed by atoms with Gasteiger partial charge in [-0.3, -0.25) is 0 Å². The molecule has 0 heterocycles. The molecule has 90 valence electrons. The van der Waals surface area contributed by atoms with Crippen molar-refractivity contribution in [1.82, 2.24) is 0 Å². The third-order valence-corrected chi connectivity index (χ3v) is 6.18. The third kappa shape index (κ3) is 1.01. The smallest absolute Gasteiger partial charge is 0.0496 e. The summed E-state index contributed by atoms with van der Waals surface area (Å²) in [6.45, 7) is 7.71. The molecule has 0 saturated heterocycles. The maximum Gasteiger partial charge on any atom is 0.0496 e. The summed E-state index contributed by atoms with van der Waals surface area (Å²) in [7, 11) is 0. The van der Waals surface area contributed by atoms with E-state index >= 15 is 0 Å². The molecule has 2 fully saturated rings. The highest BCUT2D eigenvalue weighted by Crippen LogP contribution is 2.79. The minimum atomic E-state index is 0.342. The molecule has 4 unspecified atom stereocenters. The lowest BCUT2D eigenvalue weighted by Crippen LogP contribution is -2.47. The summed E-state index contributed by atoms with van der Waals surface area (Å²) in [6.07, 6.45) is 10.2. The van der Waals surface area contributed by atoms with Gasteiger partial charge in [0.25, 0.3) is 0 Å². The first-order valence-electron chi connectivity index (χ1n) is 6.77. The monoisotopic (exact) mass is 220 g/mol. The lowest BCUT2D eigenvalue weighted by molar-refractivity contribution is -0.0189. The fraction of sp³-hybridized carbons (Fsp3) is 0.867. The molecular formula is C15H24O. The molecule has 0 amide bonds. The average Bonchev–Trinajstić information content (AvgIpc) is 2.94. The highest BCUT2D eigenvalue weighted by Gasteiger charge is 2.73. The molecule has 0 aromatic rings. The van der Waals surface area contributed by atoms with E-state index in [1.807, 2.05) is 0 Å². The van der Waals surface area contributed by atoms with Gasteiger partial charge in [-0.25, -0.2) is 0 Å². The summed E-state index contributed by atoms with van der Waals surface area (Å²) in [5.74, 6) is 1.19. The Hall–Kier alpha value is -0.300. The number of hydrogen-bond acceptors (Lipinski definition) is 1. The largest absolute Gasteiger partial charge is 0.396 e. The molecule has 0 radical (unpaired) electrons. The Bertz CT molecular complexity index is 343. The molecule has 3 rings (SSSR count). The van der Waals surface area contributed by atoms with Crippen LogP contribution in [0.4, 0.5) is 0 Å². The van der Waals surface area contributed by atoms with Gasteiger partial charge in [0.1, 0.15) is 0 Å². The molecule has 4 atom stereocenters. The van der Waals surface area contributed by atoms with Gasteiger partial charge in [-0.2, -0.15) is 0 Å². The van der Waals surface area contributed by atoms with Gasteiger partial charge in [0.2, 0.25) is 0 Å². The minimum absolute atomic E-state index is 0.342. The number of rotatable bonds is 1. The Labute approximate surface area is 98.9 Å². The van der Waals surface area contributed by atoms with E-state index in [9.17, 15) is 5.11 Å². The van der Waals surface area contributed by atoms with Crippen LogP contribution in [-0.2, 0) is 0 Å². The zero-order chi connectivity index (χ0) is 11.6. The summed E-state index contributed by atoms with van der Waals surface area (Å²) >= 11 is 0. The van der Waals surface area contributed by atoms with Crippen molar-refractivity contribution in [3.63, 3.8) is 0 Å². The number of hydrogen-bond donors (Lipinski definition) is 1. The molecule has 0 aromatic heterocycles. The predicted octanol–water partition coefficient (Wildman–Crippen LogP) is 3.39. The van der Waals surface area contributed by atoms with Crippen molar-refractivity contribution in [3.8, 4) is 0 Å². The third-order valence-electron chi connectivity index (χ3n) is 6.18. The van der Waals surface area contributed by atoms with E-state index in [-0.39, 0.29) is 0 Å². The van der Waals surface area contributed by atoms with Gasteiger partial charge in [0.15, 0.2) is 0 Å². The van der Waals surface area contributed by atoms with Crippen LogP contribution in [0.15, 0.2) is 12.2 Å². The van der Waals surface area contributed by atoms with Crippen LogP contribution in [0.2, 0.25) is 0 Å². The van der Waals surface area contributed by atoms with Crippen LogP contribution in [0.3, 0.4) is 0 Å². The van der Waals surface area contributed by atoms with E-state index in [0.717, 1.165) is 5.92 Å². The van der Waals surface area contributed by atoms with E-state index < -0.39 is 0 Å². The topological polar surface area (TPSA) is 20.2 Å². The Morgan fingerprint density at radius 3 is 2.69 bits per heavy atom. The summed E-state index contributed by atoms with van der Waals surface area (Å²) in [5, 5.41) is 9.48. The van der Waals surface area contributed by atoms with E-state index in [2.05, 4.69) is 32.9 Å². The number of aliphatic hydroxyl groups excluding tert-OH is 1. The Balaban J connectivity index is 2.06.